The number of nitrogens with one attached hydrogen (secondary N) is 1. The van der Waals surface area contributed by atoms with Gasteiger partial charge in [0, 0.05) is 24.3 Å². The van der Waals surface area contributed by atoms with Gasteiger partial charge in [0.1, 0.15) is 12.5 Å². The van der Waals surface area contributed by atoms with E-state index in [0.29, 0.717) is 5.69 Å². The van der Waals surface area contributed by atoms with E-state index in [-0.39, 0.29) is 5.91 Å². The summed E-state index contributed by atoms with van der Waals surface area (Å²) in [7, 11) is 0. The average Bonchev–Trinajstić information content (AvgIpc) is 3.12. The Morgan fingerprint density at radius 2 is 1.88 bits per heavy atom. The summed E-state index contributed by atoms with van der Waals surface area (Å²) >= 11 is 0. The molecule has 2 aromatic heterocycles. The maximum absolute atomic E-state index is 12.1. The minimum Gasteiger partial charge on any atom is -0.322 e. The van der Waals surface area contributed by atoms with E-state index in [0.717, 1.165) is 17.8 Å². The van der Waals surface area contributed by atoms with Crippen LogP contribution in [-0.4, -0.2) is 22.2 Å². The van der Waals surface area contributed by atoms with Gasteiger partial charge >= 0.3 is 0 Å². The number of carbonyl (C=O) groups is 2. The van der Waals surface area contributed by atoms with Gasteiger partial charge < -0.3 is 14.7 Å². The number of amides is 1. The second kappa shape index (κ2) is 8.43. The zero-order chi connectivity index (χ0) is 17.4. The molecule has 1 aromatic carbocycles. The van der Waals surface area contributed by atoms with E-state index in [9.17, 15) is 4.79 Å². The van der Waals surface area contributed by atoms with E-state index < -0.39 is 0 Å². The number of carbonyl (C=O) groups excluding carboxylic acids is 2. The summed E-state index contributed by atoms with van der Waals surface area (Å²) in [6.45, 7) is 4.13. The quantitative estimate of drug-likeness (QED) is 0.800. The molecule has 0 aliphatic carbocycles. The second-order valence-electron chi connectivity index (χ2n) is 5.00. The van der Waals surface area contributed by atoms with Crippen LogP contribution in [-0.2, 0) is 11.2 Å². The van der Waals surface area contributed by atoms with Crippen molar-refractivity contribution in [2.75, 3.05) is 5.32 Å². The van der Waals surface area contributed by atoms with Gasteiger partial charge in [-0.15, -0.1) is 0 Å². The summed E-state index contributed by atoms with van der Waals surface area (Å²) in [5, 5.41) is 2.85. The minimum absolute atomic E-state index is 0.209. The van der Waals surface area contributed by atoms with Gasteiger partial charge in [0.05, 0.1) is 5.69 Å². The number of hydrogen-bond donors (Lipinski definition) is 1. The zero-order valence-electron chi connectivity index (χ0n) is 13.5. The van der Waals surface area contributed by atoms with E-state index in [1.54, 1.807) is 24.4 Å². The maximum atomic E-state index is 12.1. The lowest BCUT2D eigenvalue weighted by molar-refractivity contribution is -0.0980. The first-order valence-electron chi connectivity index (χ1n) is 7.55. The van der Waals surface area contributed by atoms with E-state index in [1.165, 1.54) is 5.56 Å². The van der Waals surface area contributed by atoms with Crippen molar-refractivity contribution < 1.29 is 9.59 Å². The molecule has 0 unspecified atom stereocenters. The van der Waals surface area contributed by atoms with Crippen molar-refractivity contribution in [3.63, 3.8) is 0 Å². The van der Waals surface area contributed by atoms with Crippen molar-refractivity contribution in [1.29, 1.82) is 0 Å². The summed E-state index contributed by atoms with van der Waals surface area (Å²) in [4.78, 5) is 24.1. The fraction of sp³-hybridized carbons (Fsp3) is 0.105. The summed E-state index contributed by atoms with van der Waals surface area (Å²) in [5.74, 6) is -0.209. The highest BCUT2D eigenvalue weighted by Gasteiger charge is 2.07. The number of rotatable bonds is 4. The Morgan fingerprint density at radius 3 is 2.50 bits per heavy atom. The number of aromatic nitrogens is 2. The van der Waals surface area contributed by atoms with Crippen molar-refractivity contribution in [1.82, 2.24) is 9.55 Å². The molecule has 0 aliphatic rings. The summed E-state index contributed by atoms with van der Waals surface area (Å²) in [6, 6.07) is 15.5. The van der Waals surface area contributed by atoms with Gasteiger partial charge in [0.25, 0.3) is 5.91 Å². The highest BCUT2D eigenvalue weighted by atomic mass is 16.1. The molecule has 24 heavy (non-hydrogen) atoms. The Morgan fingerprint density at radius 1 is 1.12 bits per heavy atom. The van der Waals surface area contributed by atoms with Gasteiger partial charge in [-0.25, -0.2) is 0 Å². The molecular formula is C19H19N3O2. The van der Waals surface area contributed by atoms with E-state index >= 15 is 0 Å². The fourth-order valence-corrected chi connectivity index (χ4v) is 2.23. The number of pyridine rings is 1. The van der Waals surface area contributed by atoms with Crippen LogP contribution in [0.4, 0.5) is 5.69 Å². The van der Waals surface area contributed by atoms with Crippen LogP contribution < -0.4 is 5.32 Å². The Kier molecular flexibility index (Phi) is 6.02. The molecule has 2 heterocycles. The Balaban J connectivity index is 0.00000100. The molecule has 0 radical (unpaired) electrons. The molecule has 0 aliphatic heterocycles. The first-order chi connectivity index (χ1) is 11.8. The molecule has 3 aromatic rings. The molecule has 0 saturated carbocycles. The van der Waals surface area contributed by atoms with Crippen molar-refractivity contribution in [2.24, 2.45) is 0 Å². The molecular weight excluding hydrogens is 302 g/mol. The number of benzene rings is 1. The highest BCUT2D eigenvalue weighted by molar-refractivity contribution is 6.02. The fourth-order valence-electron chi connectivity index (χ4n) is 2.23. The topological polar surface area (TPSA) is 64.0 Å². The Bertz CT molecular complexity index is 780. The monoisotopic (exact) mass is 321 g/mol. The summed E-state index contributed by atoms with van der Waals surface area (Å²) in [6.07, 6.45) is 6.45. The molecule has 0 saturated heterocycles. The molecule has 122 valence electrons. The molecule has 0 atom stereocenters. The van der Waals surface area contributed by atoms with Gasteiger partial charge in [-0.1, -0.05) is 25.1 Å². The third-order valence-corrected chi connectivity index (χ3v) is 3.49. The average molecular weight is 321 g/mol. The minimum atomic E-state index is -0.209. The Hall–Kier alpha value is -3.21. The van der Waals surface area contributed by atoms with E-state index in [4.69, 9.17) is 4.79 Å². The van der Waals surface area contributed by atoms with Crippen LogP contribution in [0.5, 0.6) is 0 Å². The van der Waals surface area contributed by atoms with E-state index in [2.05, 4.69) is 41.5 Å². The van der Waals surface area contributed by atoms with Crippen molar-refractivity contribution in [3.8, 4) is 5.69 Å². The van der Waals surface area contributed by atoms with Gasteiger partial charge in [0.15, 0.2) is 0 Å². The van der Waals surface area contributed by atoms with Crippen LogP contribution in [0.25, 0.3) is 5.69 Å². The third-order valence-electron chi connectivity index (χ3n) is 3.49. The molecule has 1 N–H and O–H groups in total. The van der Waals surface area contributed by atoms with Crippen LogP contribution in [0.1, 0.15) is 23.0 Å². The van der Waals surface area contributed by atoms with Crippen molar-refractivity contribution in [2.45, 2.75) is 13.3 Å². The molecule has 0 bridgehead atoms. The van der Waals surface area contributed by atoms with Crippen molar-refractivity contribution >= 4 is 18.4 Å². The predicted molar refractivity (Wildman–Crippen MR) is 94.5 cm³/mol. The first-order valence-corrected chi connectivity index (χ1v) is 7.55. The van der Waals surface area contributed by atoms with Crippen LogP contribution in [0.2, 0.25) is 0 Å². The second-order valence-corrected chi connectivity index (χ2v) is 5.00. The van der Waals surface area contributed by atoms with Crippen molar-refractivity contribution in [3.05, 3.63) is 78.4 Å². The molecule has 5 nitrogen and oxygen atoms in total. The highest BCUT2D eigenvalue weighted by Crippen LogP contribution is 2.16. The van der Waals surface area contributed by atoms with Crippen LogP contribution >= 0.6 is 0 Å². The zero-order valence-corrected chi connectivity index (χ0v) is 13.5. The lowest BCUT2D eigenvalue weighted by Crippen LogP contribution is -2.12. The number of aryl methyl sites for hydroxylation is 1. The Labute approximate surface area is 141 Å². The molecule has 5 heteroatoms. The summed E-state index contributed by atoms with van der Waals surface area (Å²) < 4.78 is 1.98. The maximum Gasteiger partial charge on any atom is 0.274 e. The van der Waals surface area contributed by atoms with Crippen LogP contribution in [0, 0.1) is 0 Å². The molecule has 1 amide bonds. The first kappa shape index (κ1) is 17.1. The normalized spacial score (nSPS) is 9.71. The lowest BCUT2D eigenvalue weighted by Gasteiger charge is -2.04. The predicted octanol–water partition coefficient (Wildman–Crippen LogP) is 3.50. The number of anilines is 1. The molecule has 3 rings (SSSR count). The van der Waals surface area contributed by atoms with E-state index in [1.807, 2.05) is 29.8 Å². The third kappa shape index (κ3) is 4.16. The van der Waals surface area contributed by atoms with Crippen LogP contribution in [0.3, 0.4) is 0 Å². The number of nitrogens with zero attached hydrogens (tertiary/aromatic N) is 2. The lowest BCUT2D eigenvalue weighted by atomic mass is 10.1. The number of hydrogen-bond acceptors (Lipinski definition) is 3. The molecule has 0 spiro atoms. The van der Waals surface area contributed by atoms with Crippen LogP contribution in [0.15, 0.2) is 67.1 Å². The van der Waals surface area contributed by atoms with Gasteiger partial charge in [0.2, 0.25) is 0 Å². The van der Waals surface area contributed by atoms with Gasteiger partial charge in [-0.3, -0.25) is 9.78 Å². The smallest absolute Gasteiger partial charge is 0.274 e. The molecule has 0 fully saturated rings. The summed E-state index contributed by atoms with van der Waals surface area (Å²) in [5.41, 5.74) is 3.52. The SMILES string of the molecule is C=O.CCc1ccc(-n2ccc(NC(=O)c3ccccn3)c2)cc1. The van der Waals surface area contributed by atoms with Gasteiger partial charge in [-0.2, -0.15) is 0 Å². The largest absolute Gasteiger partial charge is 0.322 e. The standard InChI is InChI=1S/C18H17N3O.CH2O/c1-2-14-6-8-16(9-7-14)21-12-10-15(13-21)20-18(22)17-5-3-4-11-19-17;1-2/h3-13H,2H2,1H3,(H,20,22);1H2. The van der Waals surface area contributed by atoms with Gasteiger partial charge in [-0.05, 0) is 42.3 Å².